The zero-order valence-corrected chi connectivity index (χ0v) is 16.6. The van der Waals surface area contributed by atoms with E-state index in [2.05, 4.69) is 15.0 Å². The Morgan fingerprint density at radius 3 is 2.52 bits per heavy atom. The van der Waals surface area contributed by atoms with Gasteiger partial charge in [0, 0.05) is 63.0 Å². The van der Waals surface area contributed by atoms with Gasteiger partial charge in [0.05, 0.1) is 0 Å². The Hall–Kier alpha value is -2.41. The lowest BCUT2D eigenvalue weighted by Gasteiger charge is -2.43. The van der Waals surface area contributed by atoms with Gasteiger partial charge >= 0.3 is 0 Å². The number of hydrogen-bond donors (Lipinski definition) is 0. The Balaban J connectivity index is 1.17. The van der Waals surface area contributed by atoms with Crippen molar-refractivity contribution in [2.45, 2.75) is 37.6 Å². The summed E-state index contributed by atoms with van der Waals surface area (Å²) in [5, 5.41) is 4.03. The molecule has 3 heterocycles. The Bertz CT molecular complexity index is 856. The van der Waals surface area contributed by atoms with Gasteiger partial charge in [0.15, 0.2) is 5.69 Å². The average molecular weight is 398 g/mol. The summed E-state index contributed by atoms with van der Waals surface area (Å²) in [6.07, 6.45) is 4.41. The van der Waals surface area contributed by atoms with Crippen molar-refractivity contribution in [3.63, 3.8) is 0 Å². The van der Waals surface area contributed by atoms with E-state index < -0.39 is 0 Å². The number of rotatable bonds is 4. The second-order valence-corrected chi connectivity index (χ2v) is 8.44. The minimum atomic E-state index is -0.198. The quantitative estimate of drug-likeness (QED) is 0.792. The number of aromatic nitrogens is 1. The van der Waals surface area contributed by atoms with Crippen molar-refractivity contribution in [3.05, 3.63) is 47.6 Å². The van der Waals surface area contributed by atoms with Gasteiger partial charge in [0.2, 0.25) is 0 Å². The molecule has 5 rings (SSSR count). The molecule has 1 aromatic carbocycles. The number of carbonyl (C=O) groups excluding carboxylic acids is 1. The first-order chi connectivity index (χ1) is 14.2. The predicted octanol–water partition coefficient (Wildman–Crippen LogP) is 3.12. The third kappa shape index (κ3) is 4.01. The molecule has 0 bridgehead atoms. The van der Waals surface area contributed by atoms with Gasteiger partial charge in [-0.1, -0.05) is 5.16 Å². The summed E-state index contributed by atoms with van der Waals surface area (Å²) >= 11 is 0. The Morgan fingerprint density at radius 1 is 1.03 bits per heavy atom. The molecule has 0 unspecified atom stereocenters. The average Bonchev–Trinajstić information content (AvgIpc) is 3.51. The highest BCUT2D eigenvalue weighted by molar-refractivity contribution is 5.92. The van der Waals surface area contributed by atoms with Gasteiger partial charge in [0.1, 0.15) is 11.6 Å². The molecule has 0 N–H and O–H groups in total. The molecule has 2 saturated heterocycles. The first-order valence-electron chi connectivity index (χ1n) is 10.7. The molecule has 1 aliphatic carbocycles. The molecule has 6 nitrogen and oxygen atoms in total. The lowest BCUT2D eigenvalue weighted by atomic mass is 10.0. The van der Waals surface area contributed by atoms with Gasteiger partial charge in [-0.2, -0.15) is 0 Å². The van der Waals surface area contributed by atoms with Crippen LogP contribution in [0.4, 0.5) is 10.1 Å². The van der Waals surface area contributed by atoms with Crippen molar-refractivity contribution in [3.8, 4) is 0 Å². The summed E-state index contributed by atoms with van der Waals surface area (Å²) in [5.41, 5.74) is 1.53. The van der Waals surface area contributed by atoms with E-state index in [9.17, 15) is 9.18 Å². The third-order valence-electron chi connectivity index (χ3n) is 6.43. The molecular formula is C22H27FN4O2. The topological polar surface area (TPSA) is 52.8 Å². The van der Waals surface area contributed by atoms with E-state index in [0.29, 0.717) is 17.7 Å². The fourth-order valence-corrected chi connectivity index (χ4v) is 4.55. The molecule has 1 aromatic heterocycles. The van der Waals surface area contributed by atoms with Crippen LogP contribution < -0.4 is 4.90 Å². The molecule has 3 aliphatic rings. The summed E-state index contributed by atoms with van der Waals surface area (Å²) in [7, 11) is 0. The second-order valence-electron chi connectivity index (χ2n) is 8.44. The fourth-order valence-electron chi connectivity index (χ4n) is 4.55. The number of nitrogens with zero attached hydrogens (tertiary/aromatic N) is 4. The minimum absolute atomic E-state index is 0.00435. The first-order valence-corrected chi connectivity index (χ1v) is 10.7. The summed E-state index contributed by atoms with van der Waals surface area (Å²) in [6.45, 7) is 5.30. The zero-order valence-electron chi connectivity index (χ0n) is 16.6. The van der Waals surface area contributed by atoms with Crippen LogP contribution in [0.5, 0.6) is 0 Å². The predicted molar refractivity (Wildman–Crippen MR) is 108 cm³/mol. The summed E-state index contributed by atoms with van der Waals surface area (Å²) < 4.78 is 18.5. The van der Waals surface area contributed by atoms with Crippen LogP contribution in [0.1, 0.15) is 47.8 Å². The number of anilines is 1. The summed E-state index contributed by atoms with van der Waals surface area (Å²) in [5.74, 6) is 1.13. The van der Waals surface area contributed by atoms with Gasteiger partial charge in [0.25, 0.3) is 5.91 Å². The van der Waals surface area contributed by atoms with Crippen LogP contribution in [-0.2, 0) is 0 Å². The Labute approximate surface area is 170 Å². The SMILES string of the molecule is O=C(c1cc(C2CC2)on1)N1CCC[C@@H](N2CCN(c3ccc(F)cc3)CC2)C1. The van der Waals surface area contributed by atoms with E-state index in [1.807, 2.05) is 23.1 Å². The van der Waals surface area contributed by atoms with E-state index in [4.69, 9.17) is 4.52 Å². The van der Waals surface area contributed by atoms with E-state index in [-0.39, 0.29) is 11.7 Å². The van der Waals surface area contributed by atoms with Crippen LogP contribution in [0, 0.1) is 5.82 Å². The molecule has 3 fully saturated rings. The maximum absolute atomic E-state index is 13.2. The molecule has 1 amide bonds. The largest absolute Gasteiger partial charge is 0.369 e. The smallest absolute Gasteiger partial charge is 0.276 e. The molecule has 7 heteroatoms. The number of amides is 1. The molecule has 154 valence electrons. The molecule has 1 atom stereocenters. The highest BCUT2D eigenvalue weighted by Gasteiger charge is 2.33. The Kier molecular flexibility index (Phi) is 4.99. The standard InChI is InChI=1S/C22H27FN4O2/c23-17-5-7-18(8-6-17)25-10-12-26(13-11-25)19-2-1-9-27(15-19)22(28)20-14-21(29-24-20)16-3-4-16/h5-8,14,16,19H,1-4,9-13,15H2/t19-/m1/s1. The molecule has 0 spiro atoms. The first kappa shape index (κ1) is 18.6. The number of piperazine rings is 1. The van der Waals surface area contributed by atoms with Crippen molar-refractivity contribution in [1.82, 2.24) is 15.0 Å². The molecule has 2 aliphatic heterocycles. The van der Waals surface area contributed by atoms with Crippen LogP contribution in [0.25, 0.3) is 0 Å². The highest BCUT2D eigenvalue weighted by atomic mass is 19.1. The molecule has 0 radical (unpaired) electrons. The second kappa shape index (κ2) is 7.78. The van der Waals surface area contributed by atoms with Crippen molar-refractivity contribution in [2.24, 2.45) is 0 Å². The van der Waals surface area contributed by atoms with Crippen LogP contribution in [0.2, 0.25) is 0 Å². The minimum Gasteiger partial charge on any atom is -0.369 e. The van der Waals surface area contributed by atoms with Crippen LogP contribution in [-0.4, -0.2) is 66.2 Å². The van der Waals surface area contributed by atoms with Crippen molar-refractivity contribution < 1.29 is 13.7 Å². The number of benzene rings is 1. The third-order valence-corrected chi connectivity index (χ3v) is 6.43. The maximum Gasteiger partial charge on any atom is 0.276 e. The zero-order chi connectivity index (χ0) is 19.8. The normalized spacial score (nSPS) is 23.4. The van der Waals surface area contributed by atoms with Crippen LogP contribution >= 0.6 is 0 Å². The van der Waals surface area contributed by atoms with E-state index >= 15 is 0 Å². The van der Waals surface area contributed by atoms with Crippen molar-refractivity contribution in [1.29, 1.82) is 0 Å². The van der Waals surface area contributed by atoms with Crippen LogP contribution in [0.3, 0.4) is 0 Å². The molecular weight excluding hydrogens is 371 g/mol. The van der Waals surface area contributed by atoms with Gasteiger partial charge in [-0.25, -0.2) is 4.39 Å². The van der Waals surface area contributed by atoms with Gasteiger partial charge in [-0.05, 0) is 49.9 Å². The van der Waals surface area contributed by atoms with Gasteiger partial charge in [-0.3, -0.25) is 9.69 Å². The number of likely N-dealkylation sites (tertiary alicyclic amines) is 1. The number of halogens is 1. The highest BCUT2D eigenvalue weighted by Crippen LogP contribution is 2.40. The van der Waals surface area contributed by atoms with E-state index in [0.717, 1.165) is 76.4 Å². The molecule has 29 heavy (non-hydrogen) atoms. The maximum atomic E-state index is 13.2. The number of carbonyl (C=O) groups is 1. The van der Waals surface area contributed by atoms with Gasteiger partial charge in [-0.15, -0.1) is 0 Å². The van der Waals surface area contributed by atoms with Crippen LogP contribution in [0.15, 0.2) is 34.9 Å². The number of hydrogen-bond acceptors (Lipinski definition) is 5. The van der Waals surface area contributed by atoms with Gasteiger partial charge < -0.3 is 14.3 Å². The molecule has 1 saturated carbocycles. The Morgan fingerprint density at radius 2 is 1.79 bits per heavy atom. The lowest BCUT2D eigenvalue weighted by molar-refractivity contribution is 0.0554. The molecule has 2 aromatic rings. The number of piperidine rings is 1. The lowest BCUT2D eigenvalue weighted by Crippen LogP contribution is -2.55. The van der Waals surface area contributed by atoms with Crippen molar-refractivity contribution >= 4 is 11.6 Å². The summed E-state index contributed by atoms with van der Waals surface area (Å²) in [4.78, 5) is 19.6. The summed E-state index contributed by atoms with van der Waals surface area (Å²) in [6, 6.07) is 8.96. The monoisotopic (exact) mass is 398 g/mol. The van der Waals surface area contributed by atoms with Crippen molar-refractivity contribution in [2.75, 3.05) is 44.2 Å². The fraction of sp³-hybridized carbons (Fsp3) is 0.545. The van der Waals surface area contributed by atoms with E-state index in [1.165, 1.54) is 12.1 Å². The van der Waals surface area contributed by atoms with E-state index in [1.54, 1.807) is 0 Å².